The summed E-state index contributed by atoms with van der Waals surface area (Å²) in [5.41, 5.74) is 2.36. The maximum atomic E-state index is 11.9. The van der Waals surface area contributed by atoms with Gasteiger partial charge in [0.25, 0.3) is 5.91 Å². The molecule has 0 saturated heterocycles. The van der Waals surface area contributed by atoms with Crippen molar-refractivity contribution in [2.45, 2.75) is 0 Å². The summed E-state index contributed by atoms with van der Waals surface area (Å²) >= 11 is 0. The quantitative estimate of drug-likeness (QED) is 0.810. The summed E-state index contributed by atoms with van der Waals surface area (Å²) in [6, 6.07) is 7.12. The van der Waals surface area contributed by atoms with Crippen LogP contribution >= 0.6 is 0 Å². The molecular weight excluding hydrogens is 284 g/mol. The molecule has 0 radical (unpaired) electrons. The van der Waals surface area contributed by atoms with Crippen LogP contribution in [0.4, 0.5) is 4.79 Å². The van der Waals surface area contributed by atoms with Crippen molar-refractivity contribution in [3.05, 3.63) is 48.5 Å². The molecule has 0 aliphatic heterocycles. The monoisotopic (exact) mass is 300 g/mol. The predicted octanol–water partition coefficient (Wildman–Crippen LogP) is 1.23. The van der Waals surface area contributed by atoms with Gasteiger partial charge < -0.3 is 15.4 Å². The number of ether oxygens (including phenoxy) is 1. The average Bonchev–Trinajstić information content (AvgIpc) is 2.59. The van der Waals surface area contributed by atoms with Gasteiger partial charge in [0, 0.05) is 36.6 Å². The van der Waals surface area contributed by atoms with Crippen LogP contribution in [0.5, 0.6) is 0 Å². The molecule has 1 aromatic carbocycles. The summed E-state index contributed by atoms with van der Waals surface area (Å²) in [4.78, 5) is 30.7. The lowest BCUT2D eigenvalue weighted by molar-refractivity contribution is 0.0953. The highest BCUT2D eigenvalue weighted by molar-refractivity contribution is 5.94. The Hall–Kier alpha value is -2.96. The molecule has 0 bridgehead atoms. The minimum Gasteiger partial charge on any atom is -0.453 e. The number of nitrogens with one attached hydrogen (secondary N) is 2. The molecule has 1 aromatic heterocycles. The van der Waals surface area contributed by atoms with Crippen molar-refractivity contribution >= 4 is 12.0 Å². The third-order valence-corrected chi connectivity index (χ3v) is 2.91. The number of carbonyl (C=O) groups is 2. The minimum atomic E-state index is -0.524. The highest BCUT2D eigenvalue weighted by Gasteiger charge is 2.06. The van der Waals surface area contributed by atoms with E-state index in [1.54, 1.807) is 24.5 Å². The van der Waals surface area contributed by atoms with Crippen LogP contribution < -0.4 is 10.6 Å². The predicted molar refractivity (Wildman–Crippen MR) is 80.2 cm³/mol. The van der Waals surface area contributed by atoms with Gasteiger partial charge in [0.05, 0.1) is 7.11 Å². The molecule has 2 rings (SSSR count). The Morgan fingerprint density at radius 3 is 2.27 bits per heavy atom. The normalized spacial score (nSPS) is 9.86. The van der Waals surface area contributed by atoms with Crippen molar-refractivity contribution in [1.29, 1.82) is 0 Å². The third-order valence-electron chi connectivity index (χ3n) is 2.91. The molecular formula is C15H16N4O3. The van der Waals surface area contributed by atoms with Gasteiger partial charge in [0.15, 0.2) is 0 Å². The maximum absolute atomic E-state index is 11.9. The largest absolute Gasteiger partial charge is 0.453 e. The van der Waals surface area contributed by atoms with Crippen molar-refractivity contribution in [2.24, 2.45) is 0 Å². The molecule has 0 spiro atoms. The van der Waals surface area contributed by atoms with Crippen LogP contribution in [-0.4, -0.2) is 42.2 Å². The highest BCUT2D eigenvalue weighted by Crippen LogP contribution is 2.17. The Morgan fingerprint density at radius 1 is 1.00 bits per heavy atom. The topological polar surface area (TPSA) is 93.2 Å². The second-order valence-electron chi connectivity index (χ2n) is 4.38. The number of benzene rings is 1. The van der Waals surface area contributed by atoms with Crippen molar-refractivity contribution in [3.8, 4) is 11.1 Å². The van der Waals surface area contributed by atoms with Gasteiger partial charge in [-0.1, -0.05) is 12.1 Å². The number of hydrogen-bond donors (Lipinski definition) is 2. The third kappa shape index (κ3) is 4.27. The van der Waals surface area contributed by atoms with Crippen molar-refractivity contribution in [2.75, 3.05) is 20.2 Å². The van der Waals surface area contributed by atoms with Gasteiger partial charge in [-0.25, -0.2) is 14.8 Å². The lowest BCUT2D eigenvalue weighted by Crippen LogP contribution is -2.34. The van der Waals surface area contributed by atoms with Crippen molar-refractivity contribution in [3.63, 3.8) is 0 Å². The fourth-order valence-corrected chi connectivity index (χ4v) is 1.78. The molecule has 7 heteroatoms. The lowest BCUT2D eigenvalue weighted by atomic mass is 10.1. The first-order valence-corrected chi connectivity index (χ1v) is 6.66. The highest BCUT2D eigenvalue weighted by atomic mass is 16.5. The molecule has 0 unspecified atom stereocenters. The molecule has 114 valence electrons. The molecule has 0 aliphatic rings. The van der Waals surface area contributed by atoms with E-state index in [-0.39, 0.29) is 5.91 Å². The van der Waals surface area contributed by atoms with Crippen molar-refractivity contribution < 1.29 is 14.3 Å². The summed E-state index contributed by atoms with van der Waals surface area (Å²) < 4.78 is 4.42. The Morgan fingerprint density at radius 2 is 1.64 bits per heavy atom. The Bertz CT molecular complexity index is 629. The lowest BCUT2D eigenvalue weighted by Gasteiger charge is -2.07. The number of carbonyl (C=O) groups excluding carboxylic acids is 2. The summed E-state index contributed by atoms with van der Waals surface area (Å²) in [6.45, 7) is 0.625. The van der Waals surface area contributed by atoms with E-state index in [4.69, 9.17) is 0 Å². The number of aromatic nitrogens is 2. The molecule has 22 heavy (non-hydrogen) atoms. The van der Waals surface area contributed by atoms with E-state index in [0.29, 0.717) is 18.7 Å². The number of nitrogens with zero attached hydrogens (tertiary/aromatic N) is 2. The van der Waals surface area contributed by atoms with Crippen LogP contribution in [0.15, 0.2) is 43.0 Å². The fraction of sp³-hybridized carbons (Fsp3) is 0.200. The Kier molecular flexibility index (Phi) is 5.42. The molecule has 2 N–H and O–H groups in total. The fourth-order valence-electron chi connectivity index (χ4n) is 1.78. The Labute approximate surface area is 127 Å². The van der Waals surface area contributed by atoms with Crippen LogP contribution in [0.25, 0.3) is 11.1 Å². The van der Waals surface area contributed by atoms with Gasteiger partial charge in [-0.15, -0.1) is 0 Å². The first-order valence-electron chi connectivity index (χ1n) is 6.66. The second kappa shape index (κ2) is 7.72. The molecule has 7 nitrogen and oxygen atoms in total. The summed E-state index contributed by atoms with van der Waals surface area (Å²) in [6.07, 6.45) is 4.36. The first kappa shape index (κ1) is 15.4. The second-order valence-corrected chi connectivity index (χ2v) is 4.38. The van der Waals surface area contributed by atoms with E-state index in [2.05, 4.69) is 25.3 Å². The summed E-state index contributed by atoms with van der Waals surface area (Å²) in [5.74, 6) is -0.206. The molecule has 2 amide bonds. The van der Waals surface area contributed by atoms with E-state index in [1.807, 2.05) is 12.1 Å². The number of alkyl carbamates (subject to hydrolysis) is 1. The van der Waals surface area contributed by atoms with E-state index in [0.717, 1.165) is 11.1 Å². The zero-order chi connectivity index (χ0) is 15.8. The van der Waals surface area contributed by atoms with Crippen LogP contribution in [0.2, 0.25) is 0 Å². The zero-order valence-corrected chi connectivity index (χ0v) is 12.1. The van der Waals surface area contributed by atoms with Crippen LogP contribution in [0, 0.1) is 0 Å². The number of amides is 2. The molecule has 0 aliphatic carbocycles. The van der Waals surface area contributed by atoms with Gasteiger partial charge in [0.1, 0.15) is 6.33 Å². The number of rotatable bonds is 5. The van der Waals surface area contributed by atoms with E-state index >= 15 is 0 Å². The first-order chi connectivity index (χ1) is 10.7. The van der Waals surface area contributed by atoms with Crippen LogP contribution in [0.3, 0.4) is 0 Å². The van der Waals surface area contributed by atoms with Crippen LogP contribution in [-0.2, 0) is 4.74 Å². The maximum Gasteiger partial charge on any atom is 0.406 e. The van der Waals surface area contributed by atoms with E-state index in [9.17, 15) is 9.59 Å². The summed E-state index contributed by atoms with van der Waals surface area (Å²) in [7, 11) is 1.28. The minimum absolute atomic E-state index is 0.206. The van der Waals surface area contributed by atoms with Gasteiger partial charge in [-0.05, 0) is 17.7 Å². The van der Waals surface area contributed by atoms with Crippen molar-refractivity contribution in [1.82, 2.24) is 20.6 Å². The molecule has 2 aromatic rings. The number of methoxy groups -OCH3 is 1. The van der Waals surface area contributed by atoms with Gasteiger partial charge in [-0.3, -0.25) is 4.79 Å². The standard InChI is InChI=1S/C15H16N4O3/c1-22-15(21)19-7-6-18-14(20)12-4-2-11(3-5-12)13-8-16-10-17-9-13/h2-5,8-10H,6-7H2,1H3,(H,18,20)(H,19,21). The molecule has 0 fully saturated rings. The SMILES string of the molecule is COC(=O)NCCNC(=O)c1ccc(-c2cncnc2)cc1. The van der Waals surface area contributed by atoms with E-state index < -0.39 is 6.09 Å². The molecule has 0 saturated carbocycles. The zero-order valence-electron chi connectivity index (χ0n) is 12.1. The number of hydrogen-bond acceptors (Lipinski definition) is 5. The molecule has 1 heterocycles. The van der Waals surface area contributed by atoms with Gasteiger partial charge >= 0.3 is 6.09 Å². The smallest absolute Gasteiger partial charge is 0.406 e. The van der Waals surface area contributed by atoms with Gasteiger partial charge in [0.2, 0.25) is 0 Å². The molecule has 0 atom stereocenters. The van der Waals surface area contributed by atoms with Gasteiger partial charge in [-0.2, -0.15) is 0 Å². The van der Waals surface area contributed by atoms with Crippen LogP contribution in [0.1, 0.15) is 10.4 Å². The Balaban J connectivity index is 1.87. The average molecular weight is 300 g/mol. The van der Waals surface area contributed by atoms with E-state index in [1.165, 1.54) is 13.4 Å². The summed E-state index contributed by atoms with van der Waals surface area (Å²) in [5, 5.41) is 5.18.